The van der Waals surface area contributed by atoms with E-state index >= 15 is 0 Å². The van der Waals surface area contributed by atoms with Crippen LogP contribution >= 0.6 is 15.9 Å². The van der Waals surface area contributed by atoms with Gasteiger partial charge in [0.05, 0.1) is 0 Å². The summed E-state index contributed by atoms with van der Waals surface area (Å²) >= 11 is 3.53. The van der Waals surface area contributed by atoms with E-state index in [2.05, 4.69) is 41.9 Å². The van der Waals surface area contributed by atoms with Crippen molar-refractivity contribution in [2.45, 2.75) is 26.7 Å². The number of halogens is 1. The maximum Gasteiger partial charge on any atom is 0.227 e. The van der Waals surface area contributed by atoms with Gasteiger partial charge in [-0.3, -0.25) is 4.79 Å². The van der Waals surface area contributed by atoms with Gasteiger partial charge in [0.15, 0.2) is 0 Å². The minimum atomic E-state index is 0.246. The highest BCUT2D eigenvalue weighted by atomic mass is 79.9. The van der Waals surface area contributed by atoms with Crippen molar-refractivity contribution in [3.8, 4) is 0 Å². The van der Waals surface area contributed by atoms with Crippen LogP contribution in [0.15, 0.2) is 16.6 Å². The predicted octanol–water partition coefficient (Wildman–Crippen LogP) is 2.80. The molecule has 0 atom stereocenters. The van der Waals surface area contributed by atoms with Crippen molar-refractivity contribution >= 4 is 27.5 Å². The Kier molecular flexibility index (Phi) is 5.15. The zero-order valence-electron chi connectivity index (χ0n) is 10.5. The molecule has 0 unspecified atom stereocenters. The fraction of sp³-hybridized carbons (Fsp3) is 0.462. The third kappa shape index (κ3) is 3.07. The number of aryl methyl sites for hydroxylation is 2. The number of hydrogen-bond acceptors (Lipinski definition) is 2. The van der Waals surface area contributed by atoms with Gasteiger partial charge in [0.2, 0.25) is 5.91 Å². The monoisotopic (exact) mass is 299 g/mol. The number of nitrogens with zero attached hydrogens (tertiary/aromatic N) is 1. The second kappa shape index (κ2) is 6.17. The highest BCUT2D eigenvalue weighted by Gasteiger charge is 2.22. The van der Waals surface area contributed by atoms with Gasteiger partial charge in [0.25, 0.3) is 0 Å². The van der Waals surface area contributed by atoms with Gasteiger partial charge in [-0.2, -0.15) is 0 Å². The van der Waals surface area contributed by atoms with Crippen molar-refractivity contribution in [3.05, 3.63) is 27.7 Å². The van der Waals surface area contributed by atoms with E-state index in [0.29, 0.717) is 6.42 Å². The van der Waals surface area contributed by atoms with E-state index in [1.54, 1.807) is 0 Å². The number of amides is 1. The normalized spacial score (nSPS) is 14.6. The molecule has 0 saturated carbocycles. The molecule has 1 saturated heterocycles. The zero-order chi connectivity index (χ0) is 13.0. The summed E-state index contributed by atoms with van der Waals surface area (Å²) in [7, 11) is 1.00. The molecule has 1 aromatic rings. The lowest BCUT2D eigenvalue weighted by Crippen LogP contribution is -2.23. The van der Waals surface area contributed by atoms with Crippen LogP contribution < -0.4 is 4.90 Å². The molecule has 4 heteroatoms. The molecule has 0 aliphatic carbocycles. The highest BCUT2D eigenvalue weighted by molar-refractivity contribution is 9.10. The molecule has 1 N–H and O–H groups in total. The summed E-state index contributed by atoms with van der Waals surface area (Å²) in [6.07, 6.45) is 1.67. The van der Waals surface area contributed by atoms with Crippen LogP contribution in [0.2, 0.25) is 0 Å². The van der Waals surface area contributed by atoms with Crippen LogP contribution in [0.25, 0.3) is 0 Å². The molecule has 2 rings (SSSR count). The van der Waals surface area contributed by atoms with E-state index < -0.39 is 0 Å². The van der Waals surface area contributed by atoms with E-state index in [4.69, 9.17) is 5.11 Å². The van der Waals surface area contributed by atoms with Gasteiger partial charge >= 0.3 is 0 Å². The predicted molar refractivity (Wildman–Crippen MR) is 73.3 cm³/mol. The van der Waals surface area contributed by atoms with Gasteiger partial charge in [-0.25, -0.2) is 0 Å². The van der Waals surface area contributed by atoms with Crippen LogP contribution in [-0.2, 0) is 4.79 Å². The molecule has 0 spiro atoms. The van der Waals surface area contributed by atoms with Crippen LogP contribution in [-0.4, -0.2) is 24.7 Å². The quantitative estimate of drug-likeness (QED) is 0.866. The van der Waals surface area contributed by atoms with Gasteiger partial charge < -0.3 is 10.0 Å². The molecule has 94 valence electrons. The number of hydrogen-bond donors (Lipinski definition) is 1. The van der Waals surface area contributed by atoms with E-state index in [-0.39, 0.29) is 5.91 Å². The summed E-state index contributed by atoms with van der Waals surface area (Å²) in [6, 6.07) is 4.14. The third-order valence-electron chi connectivity index (χ3n) is 2.81. The average Bonchev–Trinajstić information content (AvgIpc) is 2.74. The average molecular weight is 300 g/mol. The Labute approximate surface area is 111 Å². The second-order valence-corrected chi connectivity index (χ2v) is 4.84. The van der Waals surface area contributed by atoms with Crippen LogP contribution in [0.4, 0.5) is 5.69 Å². The Bertz CT molecular complexity index is 395. The molecule has 1 aliphatic rings. The lowest BCUT2D eigenvalue weighted by atomic mass is 10.1. The summed E-state index contributed by atoms with van der Waals surface area (Å²) in [4.78, 5) is 13.5. The van der Waals surface area contributed by atoms with Gasteiger partial charge in [-0.1, -0.05) is 15.9 Å². The first-order valence-electron chi connectivity index (χ1n) is 5.61. The van der Waals surface area contributed by atoms with Gasteiger partial charge in [-0.05, 0) is 43.5 Å². The molecule has 0 radical (unpaired) electrons. The summed E-state index contributed by atoms with van der Waals surface area (Å²) < 4.78 is 1.14. The first kappa shape index (κ1) is 14.2. The number of carbonyl (C=O) groups excluding carboxylic acids is 1. The summed E-state index contributed by atoms with van der Waals surface area (Å²) in [5.41, 5.74) is 3.41. The second-order valence-electron chi connectivity index (χ2n) is 4.04. The van der Waals surface area contributed by atoms with E-state index in [9.17, 15) is 4.79 Å². The van der Waals surface area contributed by atoms with Gasteiger partial charge in [0.1, 0.15) is 0 Å². The Hall–Kier alpha value is -0.870. The van der Waals surface area contributed by atoms with E-state index in [1.165, 1.54) is 11.1 Å². The topological polar surface area (TPSA) is 40.5 Å². The number of anilines is 1. The first-order chi connectivity index (χ1) is 8.09. The van der Waals surface area contributed by atoms with E-state index in [0.717, 1.165) is 30.2 Å². The fourth-order valence-electron chi connectivity index (χ4n) is 2.00. The summed E-state index contributed by atoms with van der Waals surface area (Å²) in [5, 5.41) is 7.00. The van der Waals surface area contributed by atoms with Crippen LogP contribution in [0.5, 0.6) is 0 Å². The molecule has 1 aliphatic heterocycles. The largest absolute Gasteiger partial charge is 0.400 e. The third-order valence-corrected chi connectivity index (χ3v) is 4.06. The summed E-state index contributed by atoms with van der Waals surface area (Å²) in [6.45, 7) is 4.97. The van der Waals surface area contributed by atoms with Crippen molar-refractivity contribution in [1.29, 1.82) is 0 Å². The number of rotatable bonds is 1. The van der Waals surface area contributed by atoms with Crippen molar-refractivity contribution < 1.29 is 9.90 Å². The maximum atomic E-state index is 11.6. The molecule has 1 aromatic carbocycles. The molecule has 3 nitrogen and oxygen atoms in total. The fourth-order valence-corrected chi connectivity index (χ4v) is 2.23. The molecule has 1 amide bonds. The molecular formula is C13H18BrNO2. The molecule has 0 aromatic heterocycles. The molecule has 0 bridgehead atoms. The van der Waals surface area contributed by atoms with Crippen molar-refractivity contribution in [2.24, 2.45) is 0 Å². The summed E-state index contributed by atoms with van der Waals surface area (Å²) in [5.74, 6) is 0.246. The Morgan fingerprint density at radius 3 is 2.18 bits per heavy atom. The zero-order valence-corrected chi connectivity index (χ0v) is 12.0. The highest BCUT2D eigenvalue weighted by Crippen LogP contribution is 2.29. The van der Waals surface area contributed by atoms with Crippen LogP contribution in [0.3, 0.4) is 0 Å². The molecule has 1 fully saturated rings. The molecular weight excluding hydrogens is 282 g/mol. The Morgan fingerprint density at radius 1 is 1.24 bits per heavy atom. The van der Waals surface area contributed by atoms with Gasteiger partial charge in [-0.15, -0.1) is 0 Å². The number of aliphatic hydroxyl groups is 1. The molecule has 1 heterocycles. The van der Waals surface area contributed by atoms with Crippen molar-refractivity contribution in [1.82, 2.24) is 0 Å². The smallest absolute Gasteiger partial charge is 0.227 e. The Balaban J connectivity index is 0.000000686. The standard InChI is InChI=1S/C12H14BrNO.CH4O/c1-8-6-10(7-9(2)12(8)13)14-5-3-4-11(14)15;1-2/h6-7H,3-5H2,1-2H3;2H,1H3. The first-order valence-corrected chi connectivity index (χ1v) is 6.41. The number of carbonyl (C=O) groups is 1. The van der Waals surface area contributed by atoms with Crippen molar-refractivity contribution in [2.75, 3.05) is 18.6 Å². The molecule has 17 heavy (non-hydrogen) atoms. The minimum absolute atomic E-state index is 0.246. The van der Waals surface area contributed by atoms with Gasteiger partial charge in [0, 0.05) is 30.2 Å². The lowest BCUT2D eigenvalue weighted by Gasteiger charge is -2.18. The maximum absolute atomic E-state index is 11.6. The van der Waals surface area contributed by atoms with Crippen LogP contribution in [0, 0.1) is 13.8 Å². The van der Waals surface area contributed by atoms with E-state index in [1.807, 2.05) is 4.90 Å². The van der Waals surface area contributed by atoms with Crippen LogP contribution in [0.1, 0.15) is 24.0 Å². The number of benzene rings is 1. The Morgan fingerprint density at radius 2 is 1.76 bits per heavy atom. The minimum Gasteiger partial charge on any atom is -0.400 e. The number of aliphatic hydroxyl groups excluding tert-OH is 1. The lowest BCUT2D eigenvalue weighted by molar-refractivity contribution is -0.117. The SMILES string of the molecule is CO.Cc1cc(N2CCCC2=O)cc(C)c1Br. The van der Waals surface area contributed by atoms with Crippen molar-refractivity contribution in [3.63, 3.8) is 0 Å².